The summed E-state index contributed by atoms with van der Waals surface area (Å²) in [5.74, 6) is 0.811. The summed E-state index contributed by atoms with van der Waals surface area (Å²) >= 11 is 0. The first-order valence-corrected chi connectivity index (χ1v) is 6.71. The van der Waals surface area contributed by atoms with Crippen LogP contribution in [0.4, 0.5) is 0 Å². The molecule has 0 saturated heterocycles. The zero-order chi connectivity index (χ0) is 14.2. The third-order valence-electron chi connectivity index (χ3n) is 4.53. The molecule has 3 heteroatoms. The molecule has 0 unspecified atom stereocenters. The molecule has 3 nitrogen and oxygen atoms in total. The number of benzene rings is 1. The molecule has 0 heterocycles. The van der Waals surface area contributed by atoms with Crippen LogP contribution in [0.3, 0.4) is 0 Å². The zero-order valence-electron chi connectivity index (χ0n) is 12.4. The van der Waals surface area contributed by atoms with Gasteiger partial charge in [0.1, 0.15) is 5.75 Å². The second-order valence-corrected chi connectivity index (χ2v) is 5.45. The van der Waals surface area contributed by atoms with Crippen LogP contribution < -0.4 is 4.74 Å². The number of carbonyl (C=O) groups is 1. The second-order valence-electron chi connectivity index (χ2n) is 5.45. The molecular formula is C16H22O3. The van der Waals surface area contributed by atoms with E-state index < -0.39 is 5.41 Å². The molecule has 1 aliphatic rings. The topological polar surface area (TPSA) is 35.5 Å². The van der Waals surface area contributed by atoms with Crippen molar-refractivity contribution in [1.29, 1.82) is 0 Å². The van der Waals surface area contributed by atoms with Crippen molar-refractivity contribution in [1.82, 2.24) is 0 Å². The fourth-order valence-electron chi connectivity index (χ4n) is 3.18. The van der Waals surface area contributed by atoms with Crippen molar-refractivity contribution in [3.8, 4) is 5.75 Å². The molecule has 1 aromatic rings. The highest BCUT2D eigenvalue weighted by atomic mass is 16.5. The van der Waals surface area contributed by atoms with Gasteiger partial charge in [-0.3, -0.25) is 4.79 Å². The van der Waals surface area contributed by atoms with Crippen molar-refractivity contribution in [2.24, 2.45) is 0 Å². The summed E-state index contributed by atoms with van der Waals surface area (Å²) in [5.41, 5.74) is 4.03. The molecule has 1 aliphatic carbocycles. The molecular weight excluding hydrogens is 240 g/mol. The van der Waals surface area contributed by atoms with Crippen LogP contribution in [0.5, 0.6) is 5.75 Å². The van der Waals surface area contributed by atoms with Gasteiger partial charge in [0.25, 0.3) is 0 Å². The Bertz CT molecular complexity index is 513. The zero-order valence-corrected chi connectivity index (χ0v) is 12.4. The minimum absolute atomic E-state index is 0.106. The summed E-state index contributed by atoms with van der Waals surface area (Å²) in [6.07, 6.45) is 2.84. The van der Waals surface area contributed by atoms with E-state index in [9.17, 15) is 4.79 Å². The average Bonchev–Trinajstić information content (AvgIpc) is 2.34. The van der Waals surface area contributed by atoms with E-state index in [-0.39, 0.29) is 5.97 Å². The van der Waals surface area contributed by atoms with Gasteiger partial charge < -0.3 is 9.47 Å². The smallest absolute Gasteiger partial charge is 0.316 e. The van der Waals surface area contributed by atoms with Gasteiger partial charge in [-0.05, 0) is 55.9 Å². The molecule has 1 fully saturated rings. The predicted molar refractivity (Wildman–Crippen MR) is 74.8 cm³/mol. The monoisotopic (exact) mass is 262 g/mol. The number of aryl methyl sites for hydroxylation is 1. The lowest BCUT2D eigenvalue weighted by atomic mass is 9.63. The first-order chi connectivity index (χ1) is 8.97. The highest BCUT2D eigenvalue weighted by Gasteiger charge is 2.48. The van der Waals surface area contributed by atoms with Gasteiger partial charge in [0.15, 0.2) is 0 Å². The first kappa shape index (κ1) is 13.9. The van der Waals surface area contributed by atoms with Crippen molar-refractivity contribution in [3.05, 3.63) is 28.3 Å². The lowest BCUT2D eigenvalue weighted by Crippen LogP contribution is -2.44. The van der Waals surface area contributed by atoms with Crippen molar-refractivity contribution in [3.63, 3.8) is 0 Å². The molecule has 0 spiro atoms. The Hall–Kier alpha value is -1.51. The number of methoxy groups -OCH3 is 2. The van der Waals surface area contributed by atoms with Crippen LogP contribution in [-0.2, 0) is 14.9 Å². The van der Waals surface area contributed by atoms with Crippen molar-refractivity contribution in [2.75, 3.05) is 14.2 Å². The summed E-state index contributed by atoms with van der Waals surface area (Å²) in [5, 5.41) is 0. The maximum absolute atomic E-state index is 12.2. The van der Waals surface area contributed by atoms with Gasteiger partial charge in [-0.1, -0.05) is 12.5 Å². The Morgan fingerprint density at radius 1 is 1.16 bits per heavy atom. The molecule has 2 rings (SSSR count). The Morgan fingerprint density at radius 3 is 2.21 bits per heavy atom. The fraction of sp³-hybridized carbons (Fsp3) is 0.562. The summed E-state index contributed by atoms with van der Waals surface area (Å²) in [4.78, 5) is 12.2. The molecule has 0 radical (unpaired) electrons. The Balaban J connectivity index is 2.60. The average molecular weight is 262 g/mol. The molecule has 1 saturated carbocycles. The normalized spacial score (nSPS) is 16.7. The minimum atomic E-state index is -0.430. The molecule has 0 N–H and O–H groups in total. The molecule has 0 atom stereocenters. The van der Waals surface area contributed by atoms with E-state index in [2.05, 4.69) is 13.0 Å². The largest absolute Gasteiger partial charge is 0.496 e. The van der Waals surface area contributed by atoms with Crippen molar-refractivity contribution >= 4 is 5.97 Å². The second kappa shape index (κ2) is 4.87. The number of hydrogen-bond acceptors (Lipinski definition) is 3. The molecule has 19 heavy (non-hydrogen) atoms. The minimum Gasteiger partial charge on any atom is -0.496 e. The SMILES string of the molecule is COC(=O)C1(c2cc(C)c(OC)c(C)c2C)CCC1. The van der Waals surface area contributed by atoms with Gasteiger partial charge in [-0.25, -0.2) is 0 Å². The number of carbonyl (C=O) groups excluding carboxylic acids is 1. The summed E-state index contributed by atoms with van der Waals surface area (Å²) < 4.78 is 10.5. The van der Waals surface area contributed by atoms with Gasteiger partial charge in [0.2, 0.25) is 0 Å². The van der Waals surface area contributed by atoms with Gasteiger partial charge in [0.05, 0.1) is 19.6 Å². The van der Waals surface area contributed by atoms with Gasteiger partial charge in [-0.15, -0.1) is 0 Å². The van der Waals surface area contributed by atoms with E-state index in [0.717, 1.165) is 47.3 Å². The van der Waals surface area contributed by atoms with Crippen LogP contribution >= 0.6 is 0 Å². The maximum Gasteiger partial charge on any atom is 0.316 e. The fourth-order valence-corrected chi connectivity index (χ4v) is 3.18. The van der Waals surface area contributed by atoms with Crippen LogP contribution in [0.15, 0.2) is 6.07 Å². The van der Waals surface area contributed by atoms with Crippen LogP contribution in [0.1, 0.15) is 41.5 Å². The van der Waals surface area contributed by atoms with Crippen LogP contribution in [-0.4, -0.2) is 20.2 Å². The predicted octanol–water partition coefficient (Wildman–Crippen LogP) is 3.22. The molecule has 0 aliphatic heterocycles. The summed E-state index contributed by atoms with van der Waals surface area (Å²) in [6.45, 7) is 6.14. The van der Waals surface area contributed by atoms with Gasteiger partial charge in [-0.2, -0.15) is 0 Å². The Labute approximate surface area is 114 Å². The Kier molecular flexibility index (Phi) is 3.57. The van der Waals surface area contributed by atoms with Crippen LogP contribution in [0.2, 0.25) is 0 Å². The lowest BCUT2D eigenvalue weighted by Gasteiger charge is -2.41. The van der Waals surface area contributed by atoms with Crippen molar-refractivity contribution in [2.45, 2.75) is 45.4 Å². The number of hydrogen-bond donors (Lipinski definition) is 0. The highest BCUT2D eigenvalue weighted by Crippen LogP contribution is 2.47. The molecule has 0 amide bonds. The maximum atomic E-state index is 12.2. The van der Waals surface area contributed by atoms with E-state index in [4.69, 9.17) is 9.47 Å². The van der Waals surface area contributed by atoms with Crippen molar-refractivity contribution < 1.29 is 14.3 Å². The highest BCUT2D eigenvalue weighted by molar-refractivity contribution is 5.85. The van der Waals surface area contributed by atoms with E-state index in [0.29, 0.717) is 0 Å². The number of rotatable bonds is 3. The quantitative estimate of drug-likeness (QED) is 0.785. The first-order valence-electron chi connectivity index (χ1n) is 6.71. The third-order valence-corrected chi connectivity index (χ3v) is 4.53. The molecule has 104 valence electrons. The lowest BCUT2D eigenvalue weighted by molar-refractivity contribution is -0.151. The van der Waals surface area contributed by atoms with Crippen LogP contribution in [0.25, 0.3) is 0 Å². The summed E-state index contributed by atoms with van der Waals surface area (Å²) in [7, 11) is 3.16. The van der Waals surface area contributed by atoms with E-state index >= 15 is 0 Å². The van der Waals surface area contributed by atoms with E-state index in [1.807, 2.05) is 13.8 Å². The van der Waals surface area contributed by atoms with Crippen LogP contribution in [0, 0.1) is 20.8 Å². The van der Waals surface area contributed by atoms with E-state index in [1.165, 1.54) is 7.11 Å². The Morgan fingerprint density at radius 2 is 1.79 bits per heavy atom. The molecule has 0 bridgehead atoms. The molecule has 1 aromatic carbocycles. The third kappa shape index (κ3) is 1.92. The van der Waals surface area contributed by atoms with Gasteiger partial charge >= 0.3 is 5.97 Å². The van der Waals surface area contributed by atoms with Gasteiger partial charge in [0, 0.05) is 0 Å². The number of ether oxygens (including phenoxy) is 2. The standard InChI is InChI=1S/C16H22O3/c1-10-9-13(11(2)12(3)14(10)18-4)16(7-6-8-16)15(17)19-5/h9H,6-8H2,1-5H3. The van der Waals surface area contributed by atoms with E-state index in [1.54, 1.807) is 7.11 Å². The number of esters is 1. The molecule has 0 aromatic heterocycles. The summed E-state index contributed by atoms with van der Waals surface area (Å²) in [6, 6.07) is 2.09.